The highest BCUT2D eigenvalue weighted by Gasteiger charge is 2.33. The average molecular weight is 477 g/mol. The van der Waals surface area contributed by atoms with E-state index >= 15 is 0 Å². The summed E-state index contributed by atoms with van der Waals surface area (Å²) in [5.74, 6) is 0. The van der Waals surface area contributed by atoms with Crippen LogP contribution in [-0.4, -0.2) is 8.83 Å². The maximum atomic E-state index is 14.6. The van der Waals surface area contributed by atoms with E-state index in [2.05, 4.69) is 84.9 Å². The molecule has 5 rings (SSSR count). The Morgan fingerprint density at radius 1 is 0.441 bits per heavy atom. The molecule has 0 aliphatic carbocycles. The van der Waals surface area contributed by atoms with Crippen molar-refractivity contribution in [1.29, 1.82) is 0 Å². The Kier molecular flexibility index (Phi) is 6.72. The molecule has 166 valence electrons. The van der Waals surface area contributed by atoms with Crippen molar-refractivity contribution in [2.24, 2.45) is 0 Å². The van der Waals surface area contributed by atoms with E-state index in [0.29, 0.717) is 0 Å². The fraction of sp³-hybridized carbons (Fsp3) is 0. The molecule has 0 amide bonds. The van der Waals surface area contributed by atoms with Crippen LogP contribution in [-0.2, 0) is 10.8 Å². The molecule has 0 bridgehead atoms. The molecular formula is C31H25OPS. The first-order valence-corrected chi connectivity index (χ1v) is 14.2. The van der Waals surface area contributed by atoms with E-state index in [1.165, 1.54) is 15.9 Å². The molecule has 0 spiro atoms. The summed E-state index contributed by atoms with van der Waals surface area (Å²) in [5.41, 5.74) is 1.01. The fourth-order valence-corrected chi connectivity index (χ4v) is 11.6. The van der Waals surface area contributed by atoms with Crippen LogP contribution in [0.4, 0.5) is 0 Å². The van der Waals surface area contributed by atoms with Gasteiger partial charge in [0.1, 0.15) is 0 Å². The highest BCUT2D eigenvalue weighted by atomic mass is 32.2. The molecule has 0 saturated carbocycles. The minimum Gasteiger partial charge on any atom is -0.249 e. The van der Waals surface area contributed by atoms with Crippen LogP contribution >= 0.6 is 6.89 Å². The van der Waals surface area contributed by atoms with Gasteiger partial charge >= 0.3 is 0 Å². The molecule has 0 heterocycles. The van der Waals surface area contributed by atoms with Crippen LogP contribution in [0.1, 0.15) is 5.56 Å². The molecule has 34 heavy (non-hydrogen) atoms. The summed E-state index contributed by atoms with van der Waals surface area (Å²) >= 11 is 0. The Balaban J connectivity index is 2.05. The number of benzene rings is 5. The minimum atomic E-state index is -2.49. The number of hydrogen-bond acceptors (Lipinski definition) is 1. The lowest BCUT2D eigenvalue weighted by atomic mass is 10.2. The SMILES string of the molecule is O=S(C(c1ccccc1)=P(c1ccccc1)(c1ccccc1)c1ccccc1)c1ccccc1. The van der Waals surface area contributed by atoms with Gasteiger partial charge in [0, 0.05) is 4.90 Å². The Labute approximate surface area is 204 Å². The fourth-order valence-electron chi connectivity index (χ4n) is 4.42. The third-order valence-electron chi connectivity index (χ3n) is 5.89. The molecule has 5 aromatic carbocycles. The number of rotatable bonds is 6. The molecule has 0 saturated heterocycles. The molecule has 0 radical (unpaired) electrons. The van der Waals surface area contributed by atoms with Gasteiger partial charge in [0.25, 0.3) is 0 Å². The van der Waals surface area contributed by atoms with Gasteiger partial charge in [0.15, 0.2) is 0 Å². The minimum absolute atomic E-state index is 0.813. The lowest BCUT2D eigenvalue weighted by Crippen LogP contribution is -2.32. The predicted octanol–water partition coefficient (Wildman–Crippen LogP) is 5.97. The van der Waals surface area contributed by atoms with Gasteiger partial charge in [-0.3, -0.25) is 0 Å². The summed E-state index contributed by atoms with van der Waals surface area (Å²) in [7, 11) is -1.38. The van der Waals surface area contributed by atoms with Crippen LogP contribution in [0.15, 0.2) is 157 Å². The van der Waals surface area contributed by atoms with Crippen LogP contribution in [0.5, 0.6) is 0 Å². The Hall–Kier alpha value is -3.45. The summed E-state index contributed by atoms with van der Waals surface area (Å²) < 4.78 is 15.6. The van der Waals surface area contributed by atoms with Crippen LogP contribution in [0.25, 0.3) is 0 Å². The van der Waals surface area contributed by atoms with Crippen molar-refractivity contribution >= 4 is 38.2 Å². The largest absolute Gasteiger partial charge is 0.249 e. The van der Waals surface area contributed by atoms with Crippen LogP contribution in [0.3, 0.4) is 0 Å². The summed E-state index contributed by atoms with van der Waals surface area (Å²) in [6.45, 7) is -2.49. The van der Waals surface area contributed by atoms with Crippen molar-refractivity contribution in [3.8, 4) is 0 Å². The van der Waals surface area contributed by atoms with Gasteiger partial charge in [-0.15, -0.1) is 0 Å². The van der Waals surface area contributed by atoms with E-state index in [1.807, 2.05) is 66.7 Å². The van der Waals surface area contributed by atoms with Gasteiger partial charge in [-0.05, 0) is 40.5 Å². The lowest BCUT2D eigenvalue weighted by Gasteiger charge is -2.32. The summed E-state index contributed by atoms with van der Waals surface area (Å²) in [5, 5.41) is 3.57. The molecule has 0 aromatic heterocycles. The predicted molar refractivity (Wildman–Crippen MR) is 149 cm³/mol. The smallest absolute Gasteiger partial charge is 0.0866 e. The molecule has 0 N–H and O–H groups in total. The molecule has 0 aliphatic rings. The molecular weight excluding hydrogens is 451 g/mol. The van der Waals surface area contributed by atoms with Gasteiger partial charge in [0.2, 0.25) is 0 Å². The third kappa shape index (κ3) is 4.12. The molecule has 0 aliphatic heterocycles. The van der Waals surface area contributed by atoms with E-state index in [0.717, 1.165) is 15.1 Å². The molecule has 3 heteroatoms. The van der Waals surface area contributed by atoms with E-state index in [9.17, 15) is 4.21 Å². The lowest BCUT2D eigenvalue weighted by molar-refractivity contribution is 0.690. The first kappa shape index (κ1) is 22.3. The van der Waals surface area contributed by atoms with Crippen LogP contribution < -0.4 is 15.9 Å². The van der Waals surface area contributed by atoms with Gasteiger partial charge < -0.3 is 0 Å². The first-order chi connectivity index (χ1) is 16.8. The zero-order chi connectivity index (χ0) is 23.2. The second kappa shape index (κ2) is 10.2. The normalized spacial score (nSPS) is 12.1. The van der Waals surface area contributed by atoms with Crippen LogP contribution in [0.2, 0.25) is 0 Å². The maximum absolute atomic E-state index is 14.6. The van der Waals surface area contributed by atoms with Crippen molar-refractivity contribution < 1.29 is 4.21 Å². The summed E-state index contributed by atoms with van der Waals surface area (Å²) in [6.07, 6.45) is 0. The van der Waals surface area contributed by atoms with Crippen molar-refractivity contribution in [1.82, 2.24) is 0 Å². The van der Waals surface area contributed by atoms with Crippen molar-refractivity contribution in [2.75, 3.05) is 0 Å². The van der Waals surface area contributed by atoms with Crippen LogP contribution in [0, 0.1) is 0 Å². The van der Waals surface area contributed by atoms with Gasteiger partial charge in [-0.1, -0.05) is 140 Å². The highest BCUT2D eigenvalue weighted by Crippen LogP contribution is 2.49. The highest BCUT2D eigenvalue weighted by molar-refractivity contribution is 8.17. The van der Waals surface area contributed by atoms with Gasteiger partial charge in [0.05, 0.1) is 15.4 Å². The van der Waals surface area contributed by atoms with E-state index in [4.69, 9.17) is 0 Å². The van der Waals surface area contributed by atoms with Crippen molar-refractivity contribution in [2.45, 2.75) is 4.90 Å². The maximum Gasteiger partial charge on any atom is 0.0866 e. The Morgan fingerprint density at radius 3 is 1.15 bits per heavy atom. The Bertz CT molecular complexity index is 1330. The molecule has 0 fully saturated rings. The molecule has 1 nitrogen and oxygen atoms in total. The zero-order valence-corrected chi connectivity index (χ0v) is 20.4. The molecule has 1 unspecified atom stereocenters. The van der Waals surface area contributed by atoms with E-state index in [-0.39, 0.29) is 0 Å². The molecule has 1 atom stereocenters. The van der Waals surface area contributed by atoms with Gasteiger partial charge in [-0.25, -0.2) is 4.21 Å². The first-order valence-electron chi connectivity index (χ1n) is 11.3. The summed E-state index contributed by atoms with van der Waals surface area (Å²) in [4.78, 5) is 0.813. The second-order valence-electron chi connectivity index (χ2n) is 7.93. The summed E-state index contributed by atoms with van der Waals surface area (Å²) in [6, 6.07) is 51.9. The van der Waals surface area contributed by atoms with E-state index < -0.39 is 17.7 Å². The topological polar surface area (TPSA) is 17.1 Å². The monoisotopic (exact) mass is 476 g/mol. The van der Waals surface area contributed by atoms with Gasteiger partial charge in [-0.2, -0.15) is 0 Å². The second-order valence-corrected chi connectivity index (χ2v) is 13.0. The number of hydrogen-bond donors (Lipinski definition) is 0. The zero-order valence-electron chi connectivity index (χ0n) is 18.7. The standard InChI is InChI=1S/C31H25OPS/c32-34(30-24-14-5-15-25-30)31(26-16-6-1-7-17-26)33(27-18-8-2-9-19-27,28-20-10-3-11-21-28)29-22-12-4-13-23-29/h1-25H. The third-order valence-corrected chi connectivity index (χ3v) is 12.6. The van der Waals surface area contributed by atoms with Crippen molar-refractivity contribution in [3.05, 3.63) is 157 Å². The van der Waals surface area contributed by atoms with Crippen molar-refractivity contribution in [3.63, 3.8) is 0 Å². The quantitative estimate of drug-likeness (QED) is 0.276. The molecule has 5 aromatic rings. The average Bonchev–Trinajstić information content (AvgIpc) is 2.94. The Morgan fingerprint density at radius 2 is 0.765 bits per heavy atom. The van der Waals surface area contributed by atoms with E-state index in [1.54, 1.807) is 0 Å².